The summed E-state index contributed by atoms with van der Waals surface area (Å²) in [4.78, 5) is 21.8. The van der Waals surface area contributed by atoms with Gasteiger partial charge in [0.1, 0.15) is 5.69 Å². The molecule has 0 saturated carbocycles. The highest BCUT2D eigenvalue weighted by atomic mass is 32.2. The van der Waals surface area contributed by atoms with Gasteiger partial charge in [-0.3, -0.25) is 14.9 Å². The van der Waals surface area contributed by atoms with Crippen LogP contribution in [0.2, 0.25) is 0 Å². The summed E-state index contributed by atoms with van der Waals surface area (Å²) >= 11 is 1.32. The van der Waals surface area contributed by atoms with Gasteiger partial charge in [0, 0.05) is 20.3 Å². The first kappa shape index (κ1) is 13.5. The lowest BCUT2D eigenvalue weighted by molar-refractivity contribution is -0.127. The van der Waals surface area contributed by atoms with Crippen LogP contribution >= 0.6 is 11.8 Å². The molecule has 1 N–H and O–H groups in total. The van der Waals surface area contributed by atoms with E-state index in [9.17, 15) is 4.79 Å². The molecule has 19 heavy (non-hydrogen) atoms. The zero-order valence-corrected chi connectivity index (χ0v) is 11.8. The van der Waals surface area contributed by atoms with E-state index in [1.54, 1.807) is 25.2 Å². The van der Waals surface area contributed by atoms with E-state index in [2.05, 4.69) is 20.2 Å². The lowest BCUT2D eigenvalue weighted by Gasteiger charge is -2.14. The molecule has 6 nitrogen and oxygen atoms in total. The van der Waals surface area contributed by atoms with Crippen molar-refractivity contribution in [3.05, 3.63) is 24.4 Å². The van der Waals surface area contributed by atoms with Crippen LogP contribution in [0.1, 0.15) is 6.92 Å². The van der Waals surface area contributed by atoms with Crippen LogP contribution in [0.15, 0.2) is 29.6 Å². The predicted molar refractivity (Wildman–Crippen MR) is 73.6 cm³/mol. The second kappa shape index (κ2) is 5.83. The monoisotopic (exact) mass is 277 g/mol. The summed E-state index contributed by atoms with van der Waals surface area (Å²) < 4.78 is 0. The van der Waals surface area contributed by atoms with Crippen molar-refractivity contribution in [1.29, 1.82) is 0 Å². The number of H-pyrrole nitrogens is 1. The van der Waals surface area contributed by atoms with Crippen molar-refractivity contribution >= 4 is 17.7 Å². The first-order valence-corrected chi connectivity index (χ1v) is 6.67. The minimum absolute atomic E-state index is 0.0363. The maximum absolute atomic E-state index is 11.8. The third kappa shape index (κ3) is 3.31. The summed E-state index contributed by atoms with van der Waals surface area (Å²) in [7, 11) is 3.47. The molecule has 0 fully saturated rings. The number of carbonyl (C=O) groups is 1. The van der Waals surface area contributed by atoms with Gasteiger partial charge in [0.05, 0.1) is 5.25 Å². The second-order valence-corrected chi connectivity index (χ2v) is 5.48. The van der Waals surface area contributed by atoms with Crippen molar-refractivity contribution in [2.24, 2.45) is 0 Å². The summed E-state index contributed by atoms with van der Waals surface area (Å²) in [6, 6.07) is 5.58. The first-order chi connectivity index (χ1) is 9.08. The molecule has 0 aliphatic rings. The molecule has 1 atom stereocenters. The Balaban J connectivity index is 2.08. The Morgan fingerprint density at radius 1 is 1.42 bits per heavy atom. The van der Waals surface area contributed by atoms with Crippen molar-refractivity contribution in [3.63, 3.8) is 0 Å². The minimum atomic E-state index is -0.220. The number of aromatic amines is 1. The van der Waals surface area contributed by atoms with E-state index < -0.39 is 0 Å². The van der Waals surface area contributed by atoms with Crippen LogP contribution in [0, 0.1) is 0 Å². The van der Waals surface area contributed by atoms with E-state index >= 15 is 0 Å². The highest BCUT2D eigenvalue weighted by Crippen LogP contribution is 2.22. The fraction of sp³-hybridized carbons (Fsp3) is 0.333. The number of thioether (sulfide) groups is 1. The Labute approximate surface area is 115 Å². The molecular formula is C12H15N5OS. The number of nitrogens with one attached hydrogen (secondary N) is 1. The van der Waals surface area contributed by atoms with Crippen LogP contribution in [0.25, 0.3) is 11.5 Å². The molecule has 1 amide bonds. The van der Waals surface area contributed by atoms with Gasteiger partial charge in [-0.1, -0.05) is 17.8 Å². The predicted octanol–water partition coefficient (Wildman–Crippen LogP) is 1.44. The van der Waals surface area contributed by atoms with Crippen LogP contribution in [-0.2, 0) is 4.79 Å². The maximum Gasteiger partial charge on any atom is 0.235 e. The molecule has 7 heteroatoms. The quantitative estimate of drug-likeness (QED) is 0.856. The Bertz CT molecular complexity index is 554. The standard InChI is InChI=1S/C12H15N5OS/c1-8(11(18)17(2)3)19-12-14-10(15-16-12)9-6-4-5-7-13-9/h4-8H,1-3H3,(H,14,15,16)/t8-/m1/s1. The van der Waals surface area contributed by atoms with E-state index in [1.807, 2.05) is 25.1 Å². The highest BCUT2D eigenvalue weighted by Gasteiger charge is 2.18. The van der Waals surface area contributed by atoms with Crippen LogP contribution in [-0.4, -0.2) is 50.3 Å². The third-order valence-corrected chi connectivity index (χ3v) is 3.39. The summed E-state index contributed by atoms with van der Waals surface area (Å²) in [6.07, 6.45) is 1.70. The Kier molecular flexibility index (Phi) is 4.16. The maximum atomic E-state index is 11.8. The lowest BCUT2D eigenvalue weighted by atomic mass is 10.3. The molecule has 0 bridgehead atoms. The Morgan fingerprint density at radius 3 is 2.84 bits per heavy atom. The van der Waals surface area contributed by atoms with Crippen LogP contribution < -0.4 is 0 Å². The molecule has 2 rings (SSSR count). The fourth-order valence-corrected chi connectivity index (χ4v) is 2.36. The molecule has 0 spiro atoms. The van der Waals surface area contributed by atoms with Crippen molar-refractivity contribution in [1.82, 2.24) is 25.1 Å². The lowest BCUT2D eigenvalue weighted by Crippen LogP contribution is -2.29. The summed E-state index contributed by atoms with van der Waals surface area (Å²) in [6.45, 7) is 1.84. The van der Waals surface area contributed by atoms with Gasteiger partial charge in [0.2, 0.25) is 11.1 Å². The average Bonchev–Trinajstić information content (AvgIpc) is 2.87. The number of aromatic nitrogens is 4. The highest BCUT2D eigenvalue weighted by molar-refractivity contribution is 8.00. The van der Waals surface area contributed by atoms with Gasteiger partial charge in [-0.25, -0.2) is 0 Å². The van der Waals surface area contributed by atoms with E-state index in [-0.39, 0.29) is 11.2 Å². The molecule has 2 heterocycles. The number of pyridine rings is 1. The molecule has 0 aliphatic carbocycles. The van der Waals surface area contributed by atoms with Gasteiger partial charge in [-0.2, -0.15) is 4.98 Å². The molecule has 0 unspecified atom stereocenters. The zero-order valence-electron chi connectivity index (χ0n) is 11.0. The Hall–Kier alpha value is -1.89. The largest absolute Gasteiger partial charge is 0.348 e. The number of hydrogen-bond acceptors (Lipinski definition) is 5. The van der Waals surface area contributed by atoms with Crippen molar-refractivity contribution in [2.75, 3.05) is 14.1 Å². The first-order valence-electron chi connectivity index (χ1n) is 5.79. The van der Waals surface area contributed by atoms with Crippen LogP contribution in [0.5, 0.6) is 0 Å². The van der Waals surface area contributed by atoms with Gasteiger partial charge in [0.25, 0.3) is 0 Å². The molecule has 0 aliphatic heterocycles. The van der Waals surface area contributed by atoms with E-state index in [4.69, 9.17) is 0 Å². The molecule has 100 valence electrons. The van der Waals surface area contributed by atoms with Gasteiger partial charge in [0.15, 0.2) is 5.82 Å². The summed E-state index contributed by atoms with van der Waals surface area (Å²) in [5, 5.41) is 7.24. The second-order valence-electron chi connectivity index (χ2n) is 4.17. The minimum Gasteiger partial charge on any atom is -0.348 e. The summed E-state index contributed by atoms with van der Waals surface area (Å²) in [5.74, 6) is 0.641. The molecular weight excluding hydrogens is 262 g/mol. The van der Waals surface area contributed by atoms with Gasteiger partial charge < -0.3 is 4.90 Å². The molecule has 0 saturated heterocycles. The number of carbonyl (C=O) groups excluding carboxylic acids is 1. The van der Waals surface area contributed by atoms with Crippen LogP contribution in [0.4, 0.5) is 0 Å². The number of amides is 1. The molecule has 2 aromatic heterocycles. The van der Waals surface area contributed by atoms with E-state index in [0.717, 1.165) is 5.69 Å². The smallest absolute Gasteiger partial charge is 0.235 e. The van der Waals surface area contributed by atoms with E-state index in [1.165, 1.54) is 11.8 Å². The van der Waals surface area contributed by atoms with Gasteiger partial charge >= 0.3 is 0 Å². The molecule has 0 aromatic carbocycles. The van der Waals surface area contributed by atoms with Crippen molar-refractivity contribution in [2.45, 2.75) is 17.3 Å². The average molecular weight is 277 g/mol. The van der Waals surface area contributed by atoms with Crippen LogP contribution in [0.3, 0.4) is 0 Å². The topological polar surface area (TPSA) is 74.8 Å². The normalized spacial score (nSPS) is 12.2. The van der Waals surface area contributed by atoms with Crippen molar-refractivity contribution < 1.29 is 4.79 Å². The fourth-order valence-electron chi connectivity index (χ4n) is 1.49. The number of rotatable bonds is 4. The molecule has 2 aromatic rings. The Morgan fingerprint density at radius 2 is 2.21 bits per heavy atom. The SMILES string of the molecule is C[C@@H](Sc1n[nH]c(-c2ccccn2)n1)C(=O)N(C)C. The van der Waals surface area contributed by atoms with Crippen molar-refractivity contribution in [3.8, 4) is 11.5 Å². The number of nitrogens with zero attached hydrogens (tertiary/aromatic N) is 4. The van der Waals surface area contributed by atoms with Gasteiger partial charge in [-0.15, -0.1) is 5.10 Å². The third-order valence-electron chi connectivity index (χ3n) is 2.44. The zero-order chi connectivity index (χ0) is 13.8. The molecule has 0 radical (unpaired) electrons. The summed E-state index contributed by atoms with van der Waals surface area (Å²) in [5.41, 5.74) is 0.730. The number of hydrogen-bond donors (Lipinski definition) is 1. The van der Waals surface area contributed by atoms with E-state index in [0.29, 0.717) is 11.0 Å². The van der Waals surface area contributed by atoms with Gasteiger partial charge in [-0.05, 0) is 19.1 Å².